The lowest BCUT2D eigenvalue weighted by molar-refractivity contribution is -0.139. The SMILES string of the molecule is C=C(CO)C(=O)OCCS(CCCOc1ccc(C2CCC(C3CCC(CCCCC)CC3)CC2)cc1)(CCOC(=O)C(=C)CO)CCOC(=O)C(=C)CO. The summed E-state index contributed by atoms with van der Waals surface area (Å²) < 4.78 is 22.4. The molecule has 0 amide bonds. The zero-order chi connectivity index (χ0) is 40.1. The number of carbonyl (C=O) groups is 3. The molecule has 10 nitrogen and oxygen atoms in total. The number of ether oxygens (including phenoxy) is 4. The molecule has 55 heavy (non-hydrogen) atoms. The summed E-state index contributed by atoms with van der Waals surface area (Å²) in [6.45, 7) is 11.8. The molecule has 1 aromatic carbocycles. The predicted molar refractivity (Wildman–Crippen MR) is 219 cm³/mol. The van der Waals surface area contributed by atoms with Crippen molar-refractivity contribution < 1.29 is 48.7 Å². The monoisotopic (exact) mass is 788 g/mol. The van der Waals surface area contributed by atoms with Crippen LogP contribution in [0.5, 0.6) is 5.75 Å². The topological polar surface area (TPSA) is 149 Å². The van der Waals surface area contributed by atoms with Crippen LogP contribution in [0, 0.1) is 17.8 Å². The van der Waals surface area contributed by atoms with Crippen LogP contribution < -0.4 is 4.74 Å². The maximum absolute atomic E-state index is 12.3. The second-order valence-corrected chi connectivity index (χ2v) is 19.5. The van der Waals surface area contributed by atoms with Gasteiger partial charge in [-0.25, -0.2) is 24.4 Å². The minimum atomic E-state index is -1.77. The smallest absolute Gasteiger partial charge is 0.335 e. The molecule has 0 unspecified atom stereocenters. The Labute approximate surface area is 331 Å². The third-order valence-electron chi connectivity index (χ3n) is 11.6. The Morgan fingerprint density at radius 2 is 1.07 bits per heavy atom. The maximum atomic E-state index is 12.3. The summed E-state index contributed by atoms with van der Waals surface area (Å²) in [5.41, 5.74) is 1.19. The number of carbonyl (C=O) groups excluding carboxylic acids is 3. The largest absolute Gasteiger partial charge is 0.494 e. The van der Waals surface area contributed by atoms with Crippen LogP contribution >= 0.6 is 10.0 Å². The zero-order valence-corrected chi connectivity index (χ0v) is 34.1. The number of benzene rings is 1. The number of aliphatic hydroxyl groups is 3. The molecule has 0 bridgehead atoms. The van der Waals surface area contributed by atoms with E-state index >= 15 is 0 Å². The highest BCUT2D eigenvalue weighted by molar-refractivity contribution is 8.33. The standard InChI is InChI=1S/C44H68O10S/c1-5-6-7-9-36-10-12-37(13-11-36)38-14-16-39(17-15-38)40-18-20-41(21-19-40)51-22-8-26-55(27-23-52-42(48)33(2)30-45,28-24-53-43(49)34(3)31-46)29-25-54-44(50)35(4)32-47/h18-21,36-39,45-47H,2-17,22-32H2,1H3. The van der Waals surface area contributed by atoms with E-state index in [2.05, 4.69) is 50.9 Å². The molecule has 2 aliphatic rings. The van der Waals surface area contributed by atoms with Crippen LogP contribution in [0.25, 0.3) is 0 Å². The molecule has 2 fully saturated rings. The summed E-state index contributed by atoms with van der Waals surface area (Å²) in [5.74, 6) is 3.89. The number of aliphatic hydroxyl groups excluding tert-OH is 3. The van der Waals surface area contributed by atoms with Gasteiger partial charge in [-0.1, -0.05) is 77.3 Å². The number of hydrogen-bond acceptors (Lipinski definition) is 10. The Morgan fingerprint density at radius 1 is 0.618 bits per heavy atom. The third kappa shape index (κ3) is 16.1. The Balaban J connectivity index is 1.55. The Morgan fingerprint density at radius 3 is 1.51 bits per heavy atom. The van der Waals surface area contributed by atoms with Gasteiger partial charge in [-0.3, -0.25) is 0 Å². The molecule has 1 aromatic rings. The summed E-state index contributed by atoms with van der Waals surface area (Å²) in [4.78, 5) is 36.8. The summed E-state index contributed by atoms with van der Waals surface area (Å²) in [7, 11) is -1.77. The second kappa shape index (κ2) is 25.2. The first kappa shape index (κ1) is 46.3. The lowest BCUT2D eigenvalue weighted by Gasteiger charge is -2.40. The van der Waals surface area contributed by atoms with E-state index in [9.17, 15) is 29.7 Å². The van der Waals surface area contributed by atoms with Gasteiger partial charge in [0.2, 0.25) is 0 Å². The Kier molecular flexibility index (Phi) is 21.2. The van der Waals surface area contributed by atoms with Crippen molar-refractivity contribution in [2.45, 2.75) is 96.3 Å². The van der Waals surface area contributed by atoms with Crippen molar-refractivity contribution in [3.63, 3.8) is 0 Å². The van der Waals surface area contributed by atoms with Crippen molar-refractivity contribution in [2.24, 2.45) is 17.8 Å². The van der Waals surface area contributed by atoms with Gasteiger partial charge in [-0.2, -0.15) is 0 Å². The van der Waals surface area contributed by atoms with Gasteiger partial charge in [0.15, 0.2) is 0 Å². The molecule has 0 aromatic heterocycles. The van der Waals surface area contributed by atoms with Gasteiger partial charge in [0.1, 0.15) is 5.75 Å². The number of hydrogen-bond donors (Lipinski definition) is 3. The summed E-state index contributed by atoms with van der Waals surface area (Å²) in [6, 6.07) is 8.51. The van der Waals surface area contributed by atoms with Gasteiger partial charge < -0.3 is 34.3 Å². The average Bonchev–Trinajstić information content (AvgIpc) is 3.21. The van der Waals surface area contributed by atoms with E-state index < -0.39 is 47.8 Å². The van der Waals surface area contributed by atoms with E-state index in [1.807, 2.05) is 0 Å². The van der Waals surface area contributed by atoms with Gasteiger partial charge in [0, 0.05) is 17.3 Å². The molecule has 11 heteroatoms. The summed E-state index contributed by atoms with van der Waals surface area (Å²) >= 11 is 0. The van der Waals surface area contributed by atoms with Crippen molar-refractivity contribution in [1.29, 1.82) is 0 Å². The van der Waals surface area contributed by atoms with Crippen molar-refractivity contribution >= 4 is 27.9 Å². The maximum Gasteiger partial charge on any atom is 0.335 e. The van der Waals surface area contributed by atoms with Gasteiger partial charge in [-0.15, -0.1) is 0 Å². The summed E-state index contributed by atoms with van der Waals surface area (Å²) in [6.07, 6.45) is 17.1. The van der Waals surface area contributed by atoms with Crippen LogP contribution in [-0.2, 0) is 28.6 Å². The molecule has 0 atom stereocenters. The fraction of sp³-hybridized carbons (Fsp3) is 0.659. The molecule has 3 rings (SSSR count). The normalized spacial score (nSPS) is 20.2. The summed E-state index contributed by atoms with van der Waals surface area (Å²) in [5, 5.41) is 27.8. The fourth-order valence-electron chi connectivity index (χ4n) is 7.99. The molecule has 0 saturated heterocycles. The van der Waals surface area contributed by atoms with Crippen LogP contribution in [0.4, 0.5) is 0 Å². The van der Waals surface area contributed by atoms with E-state index in [4.69, 9.17) is 18.9 Å². The first-order valence-electron chi connectivity index (χ1n) is 20.4. The highest BCUT2D eigenvalue weighted by Gasteiger charge is 2.31. The van der Waals surface area contributed by atoms with Crippen LogP contribution in [-0.4, -0.2) is 102 Å². The minimum Gasteiger partial charge on any atom is -0.494 e. The minimum absolute atomic E-state index is 0.0201. The molecule has 2 saturated carbocycles. The Bertz CT molecular complexity index is 1280. The molecule has 0 radical (unpaired) electrons. The second-order valence-electron chi connectivity index (χ2n) is 15.4. The van der Waals surface area contributed by atoms with Gasteiger partial charge in [0.25, 0.3) is 0 Å². The predicted octanol–water partition coefficient (Wildman–Crippen LogP) is 7.20. The van der Waals surface area contributed by atoms with E-state index in [1.54, 1.807) is 0 Å². The Hall–Kier alpha value is -3.12. The fourth-order valence-corrected chi connectivity index (χ4v) is 11.3. The van der Waals surface area contributed by atoms with E-state index in [-0.39, 0.29) is 36.5 Å². The van der Waals surface area contributed by atoms with Crippen molar-refractivity contribution in [1.82, 2.24) is 0 Å². The van der Waals surface area contributed by atoms with Crippen LogP contribution in [0.15, 0.2) is 60.7 Å². The van der Waals surface area contributed by atoms with E-state index in [0.717, 1.165) is 23.5 Å². The molecule has 310 valence electrons. The van der Waals surface area contributed by atoms with Gasteiger partial charge in [-0.05, 0) is 92.1 Å². The third-order valence-corrected chi connectivity index (χ3v) is 15.8. The van der Waals surface area contributed by atoms with Gasteiger partial charge in [0.05, 0.1) is 63.0 Å². The van der Waals surface area contributed by atoms with Crippen LogP contribution in [0.2, 0.25) is 0 Å². The lowest BCUT2D eigenvalue weighted by atomic mass is 9.68. The zero-order valence-electron chi connectivity index (χ0n) is 33.3. The van der Waals surface area contributed by atoms with Crippen LogP contribution in [0.1, 0.15) is 102 Å². The average molecular weight is 789 g/mol. The molecule has 0 spiro atoms. The molecule has 0 heterocycles. The highest BCUT2D eigenvalue weighted by atomic mass is 32.3. The van der Waals surface area contributed by atoms with E-state index in [0.29, 0.717) is 42.0 Å². The van der Waals surface area contributed by atoms with Crippen LogP contribution in [0.3, 0.4) is 0 Å². The van der Waals surface area contributed by atoms with Gasteiger partial charge >= 0.3 is 17.9 Å². The quantitative estimate of drug-likeness (QED) is 0.0381. The first-order valence-corrected chi connectivity index (χ1v) is 22.7. The van der Waals surface area contributed by atoms with Crippen molar-refractivity contribution in [2.75, 3.05) is 69.3 Å². The molecular weight excluding hydrogens is 721 g/mol. The number of rotatable bonds is 26. The molecule has 3 N–H and O–H groups in total. The molecule has 2 aliphatic carbocycles. The van der Waals surface area contributed by atoms with E-state index in [1.165, 1.54) is 82.6 Å². The number of esters is 3. The number of unbranched alkanes of at least 4 members (excludes halogenated alkanes) is 2. The molecular formula is C44H68O10S. The lowest BCUT2D eigenvalue weighted by Crippen LogP contribution is -2.28. The van der Waals surface area contributed by atoms with Crippen molar-refractivity contribution in [3.8, 4) is 5.75 Å². The first-order chi connectivity index (χ1) is 26.5. The van der Waals surface area contributed by atoms with Crippen molar-refractivity contribution in [3.05, 3.63) is 66.3 Å². The highest BCUT2D eigenvalue weighted by Crippen LogP contribution is 2.48. The molecule has 0 aliphatic heterocycles.